The van der Waals surface area contributed by atoms with E-state index in [0.29, 0.717) is 0 Å². The Balaban J connectivity index is 4.29. The summed E-state index contributed by atoms with van der Waals surface area (Å²) in [6.45, 7) is 3.48. The summed E-state index contributed by atoms with van der Waals surface area (Å²) >= 11 is 0. The summed E-state index contributed by atoms with van der Waals surface area (Å²) < 4.78 is 23.0. The predicted molar refractivity (Wildman–Crippen MR) is 52.6 cm³/mol. The lowest BCUT2D eigenvalue weighted by Gasteiger charge is -2.13. The van der Waals surface area contributed by atoms with Crippen LogP contribution in [0.1, 0.15) is 13.8 Å². The molecule has 0 rings (SSSR count). The minimum Gasteiger partial charge on any atom is -0.393 e. The molecule has 0 aliphatic heterocycles. The number of hydrogen-bond donors (Lipinski definition) is 1. The summed E-state index contributed by atoms with van der Waals surface area (Å²) in [5.41, 5.74) is 0. The van der Waals surface area contributed by atoms with Gasteiger partial charge in [0.2, 0.25) is 10.0 Å². The lowest BCUT2D eigenvalue weighted by molar-refractivity contribution is 0.157. The van der Waals surface area contributed by atoms with E-state index in [1.54, 1.807) is 13.0 Å². The van der Waals surface area contributed by atoms with Crippen LogP contribution in [0, 0.1) is 5.92 Å². The van der Waals surface area contributed by atoms with Gasteiger partial charge in [0.15, 0.2) is 0 Å². The van der Waals surface area contributed by atoms with Gasteiger partial charge in [0.1, 0.15) is 0 Å². The van der Waals surface area contributed by atoms with Gasteiger partial charge in [0.25, 0.3) is 0 Å². The molecule has 78 valence electrons. The summed E-state index contributed by atoms with van der Waals surface area (Å²) in [7, 11) is -1.70. The standard InChI is InChI=1S/C8H17NO3S/c1-7(8(2)10)5-6-9(3)13(4,11)12/h5-8,10H,1-4H3/b6-5-/t7-,8+/m0/s1. The third kappa shape index (κ3) is 4.90. The molecule has 0 bridgehead atoms. The molecular weight excluding hydrogens is 190 g/mol. The average molecular weight is 207 g/mol. The number of aliphatic hydroxyl groups is 1. The summed E-state index contributed by atoms with van der Waals surface area (Å²) in [5, 5.41) is 9.12. The molecule has 0 aliphatic rings. The first kappa shape index (κ1) is 12.4. The van der Waals surface area contributed by atoms with E-state index in [9.17, 15) is 8.42 Å². The second kappa shape index (κ2) is 4.62. The van der Waals surface area contributed by atoms with E-state index in [4.69, 9.17) is 5.11 Å². The first-order valence-corrected chi connectivity index (χ1v) is 5.89. The van der Waals surface area contributed by atoms with Crippen LogP contribution in [-0.2, 0) is 10.0 Å². The highest BCUT2D eigenvalue weighted by atomic mass is 32.2. The molecule has 0 aromatic rings. The van der Waals surface area contributed by atoms with Crippen LogP contribution in [0.2, 0.25) is 0 Å². The van der Waals surface area contributed by atoms with Crippen LogP contribution in [0.25, 0.3) is 0 Å². The Morgan fingerprint density at radius 1 is 1.38 bits per heavy atom. The normalized spacial score (nSPS) is 17.3. The number of aliphatic hydroxyl groups excluding tert-OH is 1. The SMILES string of the molecule is C[C@@H](O)[C@@H](C)/C=C\N(C)S(C)(=O)=O. The Morgan fingerprint density at radius 3 is 2.15 bits per heavy atom. The largest absolute Gasteiger partial charge is 0.393 e. The van der Waals surface area contributed by atoms with Gasteiger partial charge in [-0.05, 0) is 6.92 Å². The lowest BCUT2D eigenvalue weighted by Crippen LogP contribution is -2.20. The molecule has 0 radical (unpaired) electrons. The lowest BCUT2D eigenvalue weighted by atomic mass is 10.1. The van der Waals surface area contributed by atoms with Gasteiger partial charge in [-0.1, -0.05) is 13.0 Å². The average Bonchev–Trinajstić information content (AvgIpc) is 1.97. The number of nitrogens with zero attached hydrogens (tertiary/aromatic N) is 1. The topological polar surface area (TPSA) is 57.6 Å². The van der Waals surface area contributed by atoms with Crippen molar-refractivity contribution in [2.24, 2.45) is 5.92 Å². The van der Waals surface area contributed by atoms with Gasteiger partial charge in [-0.3, -0.25) is 4.31 Å². The Bertz CT molecular complexity index is 269. The van der Waals surface area contributed by atoms with Crippen molar-refractivity contribution in [3.8, 4) is 0 Å². The zero-order chi connectivity index (χ0) is 10.6. The van der Waals surface area contributed by atoms with Crippen molar-refractivity contribution in [2.45, 2.75) is 20.0 Å². The zero-order valence-corrected chi connectivity index (χ0v) is 9.25. The third-order valence-corrected chi connectivity index (χ3v) is 3.05. The Hall–Kier alpha value is -0.550. The van der Waals surface area contributed by atoms with E-state index < -0.39 is 16.1 Å². The number of rotatable bonds is 4. The van der Waals surface area contributed by atoms with Crippen LogP contribution in [0.3, 0.4) is 0 Å². The fourth-order valence-corrected chi connectivity index (χ4v) is 0.820. The van der Waals surface area contributed by atoms with Crippen molar-refractivity contribution < 1.29 is 13.5 Å². The molecule has 2 atom stereocenters. The van der Waals surface area contributed by atoms with E-state index in [1.165, 1.54) is 13.2 Å². The molecule has 0 saturated heterocycles. The van der Waals surface area contributed by atoms with Crippen LogP contribution in [-0.4, -0.2) is 37.2 Å². The maximum absolute atomic E-state index is 10.9. The molecular formula is C8H17NO3S. The van der Waals surface area contributed by atoms with E-state index in [1.807, 2.05) is 6.92 Å². The molecule has 5 heteroatoms. The molecule has 0 fully saturated rings. The maximum atomic E-state index is 10.9. The fraction of sp³-hybridized carbons (Fsp3) is 0.750. The minimum absolute atomic E-state index is 0.0517. The monoisotopic (exact) mass is 207 g/mol. The van der Waals surface area contributed by atoms with Crippen LogP contribution in [0.5, 0.6) is 0 Å². The van der Waals surface area contributed by atoms with Gasteiger partial charge >= 0.3 is 0 Å². The highest BCUT2D eigenvalue weighted by molar-refractivity contribution is 7.88. The summed E-state index contributed by atoms with van der Waals surface area (Å²) in [4.78, 5) is 0. The fourth-order valence-electron chi connectivity index (χ4n) is 0.528. The molecule has 0 aliphatic carbocycles. The maximum Gasteiger partial charge on any atom is 0.231 e. The van der Waals surface area contributed by atoms with Crippen LogP contribution in [0.15, 0.2) is 12.3 Å². The van der Waals surface area contributed by atoms with Crippen molar-refractivity contribution in [2.75, 3.05) is 13.3 Å². The Kier molecular flexibility index (Phi) is 4.43. The summed E-state index contributed by atoms with van der Waals surface area (Å²) in [6.07, 6.45) is 3.77. The van der Waals surface area contributed by atoms with Gasteiger partial charge in [-0.25, -0.2) is 8.42 Å². The van der Waals surface area contributed by atoms with Crippen molar-refractivity contribution >= 4 is 10.0 Å². The van der Waals surface area contributed by atoms with E-state index in [0.717, 1.165) is 10.6 Å². The minimum atomic E-state index is -3.16. The Morgan fingerprint density at radius 2 is 1.85 bits per heavy atom. The third-order valence-electron chi connectivity index (χ3n) is 1.88. The van der Waals surface area contributed by atoms with Crippen molar-refractivity contribution in [1.29, 1.82) is 0 Å². The first-order valence-electron chi connectivity index (χ1n) is 4.04. The molecule has 0 amide bonds. The molecule has 0 aromatic carbocycles. The second-order valence-electron chi connectivity index (χ2n) is 3.22. The van der Waals surface area contributed by atoms with Gasteiger partial charge in [0.05, 0.1) is 12.4 Å². The van der Waals surface area contributed by atoms with Gasteiger partial charge in [-0.2, -0.15) is 0 Å². The second-order valence-corrected chi connectivity index (χ2v) is 5.26. The molecule has 13 heavy (non-hydrogen) atoms. The van der Waals surface area contributed by atoms with E-state index >= 15 is 0 Å². The van der Waals surface area contributed by atoms with Crippen LogP contribution in [0.4, 0.5) is 0 Å². The van der Waals surface area contributed by atoms with E-state index in [-0.39, 0.29) is 5.92 Å². The zero-order valence-electron chi connectivity index (χ0n) is 8.43. The van der Waals surface area contributed by atoms with Crippen molar-refractivity contribution in [3.05, 3.63) is 12.3 Å². The van der Waals surface area contributed by atoms with E-state index in [2.05, 4.69) is 0 Å². The quantitative estimate of drug-likeness (QED) is 0.726. The summed E-state index contributed by atoms with van der Waals surface area (Å²) in [5.74, 6) is -0.0517. The Labute approximate surface area is 79.9 Å². The number of hydrogen-bond acceptors (Lipinski definition) is 3. The highest BCUT2D eigenvalue weighted by Crippen LogP contribution is 2.05. The van der Waals surface area contributed by atoms with Gasteiger partial charge < -0.3 is 5.11 Å². The summed E-state index contributed by atoms with van der Waals surface area (Å²) in [6, 6.07) is 0. The van der Waals surface area contributed by atoms with Crippen molar-refractivity contribution in [3.63, 3.8) is 0 Å². The van der Waals surface area contributed by atoms with Crippen LogP contribution < -0.4 is 0 Å². The first-order chi connectivity index (χ1) is 5.75. The molecule has 1 N–H and O–H groups in total. The molecule has 4 nitrogen and oxygen atoms in total. The molecule has 0 spiro atoms. The molecule has 0 unspecified atom stereocenters. The van der Waals surface area contributed by atoms with Gasteiger partial charge in [0, 0.05) is 19.2 Å². The van der Waals surface area contributed by atoms with Crippen molar-refractivity contribution in [1.82, 2.24) is 4.31 Å². The molecule has 0 heterocycles. The smallest absolute Gasteiger partial charge is 0.231 e. The molecule has 0 saturated carbocycles. The molecule has 0 aromatic heterocycles. The van der Waals surface area contributed by atoms with Crippen LogP contribution >= 0.6 is 0 Å². The van der Waals surface area contributed by atoms with Gasteiger partial charge in [-0.15, -0.1) is 0 Å². The predicted octanol–water partition coefficient (Wildman–Crippen LogP) is 0.408. The highest BCUT2D eigenvalue weighted by Gasteiger charge is 2.07. The number of sulfonamides is 1.